The van der Waals surface area contributed by atoms with Gasteiger partial charge in [0.15, 0.2) is 0 Å². The molecule has 0 spiro atoms. The van der Waals surface area contributed by atoms with E-state index in [1.807, 2.05) is 0 Å². The number of nitrogens with one attached hydrogen (secondary N) is 1. The normalized spacial score (nSPS) is 11.4. The van der Waals surface area contributed by atoms with Crippen molar-refractivity contribution in [2.75, 3.05) is 0 Å². The fourth-order valence-electron chi connectivity index (χ4n) is 1.10. The van der Waals surface area contributed by atoms with Gasteiger partial charge < -0.3 is 10.4 Å². The quantitative estimate of drug-likeness (QED) is 0.797. The number of carbonyl (C=O) groups is 2. The molecule has 19 heavy (non-hydrogen) atoms. The lowest BCUT2D eigenvalue weighted by atomic mass is 10.2. The largest absolute Gasteiger partial charge is 0.478 e. The minimum absolute atomic E-state index is 0.0432. The van der Waals surface area contributed by atoms with E-state index in [9.17, 15) is 27.2 Å². The number of amides is 1. The van der Waals surface area contributed by atoms with Gasteiger partial charge in [-0.1, -0.05) is 0 Å². The number of carboxylic acids is 1. The number of hydrogen-bond donors (Lipinski definition) is 2. The van der Waals surface area contributed by atoms with Crippen molar-refractivity contribution in [2.45, 2.75) is 18.9 Å². The molecule has 0 aliphatic rings. The lowest BCUT2D eigenvalue weighted by Crippen LogP contribution is -2.44. The van der Waals surface area contributed by atoms with Gasteiger partial charge in [0.25, 0.3) is 5.91 Å². The predicted molar refractivity (Wildman–Crippen MR) is 54.0 cm³/mol. The minimum Gasteiger partial charge on any atom is -0.478 e. The maximum atomic E-state index is 12.6. The average Bonchev–Trinajstić information content (AvgIpc) is 2.35. The van der Waals surface area contributed by atoms with Crippen molar-refractivity contribution in [3.63, 3.8) is 0 Å². The molecule has 0 saturated carbocycles. The van der Waals surface area contributed by atoms with Crippen LogP contribution in [0.1, 0.15) is 16.1 Å². The third-order valence-corrected chi connectivity index (χ3v) is 2.07. The maximum absolute atomic E-state index is 12.6. The Labute approximate surface area is 104 Å². The molecule has 5 nitrogen and oxygen atoms in total. The number of pyridine rings is 1. The van der Waals surface area contributed by atoms with E-state index in [4.69, 9.17) is 5.11 Å². The van der Waals surface area contributed by atoms with Gasteiger partial charge in [-0.15, -0.1) is 0 Å². The Balaban J connectivity index is 2.70. The highest BCUT2D eigenvalue weighted by molar-refractivity contribution is 5.87. The number of carboxylic acid groups (broad SMARTS) is 1. The number of carbonyl (C=O) groups excluding carboxylic acids is 1. The summed E-state index contributed by atoms with van der Waals surface area (Å²) in [6, 6.07) is 2.19. The van der Waals surface area contributed by atoms with Gasteiger partial charge in [0.2, 0.25) is 0 Å². The molecule has 0 atom stereocenters. The van der Waals surface area contributed by atoms with E-state index in [0.29, 0.717) is 0 Å². The van der Waals surface area contributed by atoms with E-state index in [1.165, 1.54) is 0 Å². The van der Waals surface area contributed by atoms with Crippen molar-refractivity contribution in [3.8, 4) is 0 Å². The van der Waals surface area contributed by atoms with Crippen LogP contribution in [0.15, 0.2) is 18.3 Å². The SMILES string of the molecule is O=C(O)c1ccnc(CNC(=O)C(F)(F)C(F)F)c1. The highest BCUT2D eigenvalue weighted by Crippen LogP contribution is 2.22. The summed E-state index contributed by atoms with van der Waals surface area (Å²) in [6.07, 6.45) is -3.03. The molecule has 0 aliphatic carbocycles. The molecular weight excluding hydrogens is 272 g/mol. The molecule has 9 heteroatoms. The third-order valence-electron chi connectivity index (χ3n) is 2.07. The summed E-state index contributed by atoms with van der Waals surface area (Å²) < 4.78 is 48.9. The van der Waals surface area contributed by atoms with E-state index in [-0.39, 0.29) is 11.3 Å². The fraction of sp³-hybridized carbons (Fsp3) is 0.300. The lowest BCUT2D eigenvalue weighted by molar-refractivity contribution is -0.169. The van der Waals surface area contributed by atoms with Gasteiger partial charge in [0.05, 0.1) is 17.8 Å². The van der Waals surface area contributed by atoms with E-state index in [0.717, 1.165) is 18.3 Å². The number of alkyl halides is 4. The average molecular weight is 280 g/mol. The van der Waals surface area contributed by atoms with Crippen LogP contribution in [0.5, 0.6) is 0 Å². The molecule has 0 aliphatic heterocycles. The van der Waals surface area contributed by atoms with Gasteiger partial charge in [-0.3, -0.25) is 9.78 Å². The number of aromatic carboxylic acids is 1. The van der Waals surface area contributed by atoms with Crippen LogP contribution in [-0.2, 0) is 11.3 Å². The van der Waals surface area contributed by atoms with E-state index in [2.05, 4.69) is 4.98 Å². The molecule has 2 N–H and O–H groups in total. The Bertz CT molecular complexity index is 493. The summed E-state index contributed by atoms with van der Waals surface area (Å²) in [4.78, 5) is 25.0. The fourth-order valence-corrected chi connectivity index (χ4v) is 1.10. The smallest absolute Gasteiger partial charge is 0.383 e. The zero-order valence-electron chi connectivity index (χ0n) is 9.24. The number of hydrogen-bond acceptors (Lipinski definition) is 3. The first kappa shape index (κ1) is 14.9. The monoisotopic (exact) mass is 280 g/mol. The molecule has 0 saturated heterocycles. The predicted octanol–water partition coefficient (Wildman–Crippen LogP) is 1.30. The van der Waals surface area contributed by atoms with Crippen molar-refractivity contribution in [1.29, 1.82) is 0 Å². The van der Waals surface area contributed by atoms with Gasteiger partial charge in [-0.25, -0.2) is 13.6 Å². The summed E-state index contributed by atoms with van der Waals surface area (Å²) in [5, 5.41) is 10.2. The highest BCUT2D eigenvalue weighted by Gasteiger charge is 2.48. The number of aromatic nitrogens is 1. The second-order valence-electron chi connectivity index (χ2n) is 3.45. The zero-order chi connectivity index (χ0) is 14.6. The molecule has 1 rings (SSSR count). The summed E-state index contributed by atoms with van der Waals surface area (Å²) >= 11 is 0. The van der Waals surface area contributed by atoms with Gasteiger partial charge in [-0.05, 0) is 12.1 Å². The van der Waals surface area contributed by atoms with Crippen molar-refractivity contribution >= 4 is 11.9 Å². The van der Waals surface area contributed by atoms with E-state index in [1.54, 1.807) is 5.32 Å². The van der Waals surface area contributed by atoms with Crippen molar-refractivity contribution in [2.24, 2.45) is 0 Å². The van der Waals surface area contributed by atoms with E-state index < -0.39 is 30.8 Å². The van der Waals surface area contributed by atoms with Crippen molar-refractivity contribution < 1.29 is 32.3 Å². The molecule has 0 bridgehead atoms. The molecule has 1 aromatic rings. The first-order valence-corrected chi connectivity index (χ1v) is 4.87. The number of halogens is 4. The summed E-state index contributed by atoms with van der Waals surface area (Å²) in [5.74, 6) is -8.22. The van der Waals surface area contributed by atoms with Gasteiger partial charge >= 0.3 is 18.3 Å². The molecule has 1 aromatic heterocycles. The summed E-state index contributed by atoms with van der Waals surface area (Å²) in [5.41, 5.74) is -0.210. The molecular formula is C10H8F4N2O3. The van der Waals surface area contributed by atoms with Crippen molar-refractivity contribution in [3.05, 3.63) is 29.6 Å². The zero-order valence-corrected chi connectivity index (χ0v) is 9.24. The standard InChI is InChI=1S/C10H8F4N2O3/c11-8(12)10(13,14)9(19)16-4-6-3-5(7(17)18)1-2-15-6/h1-3,8H,4H2,(H,16,19)(H,17,18). The van der Waals surface area contributed by atoms with Crippen LogP contribution in [0.3, 0.4) is 0 Å². The van der Waals surface area contributed by atoms with Crippen LogP contribution >= 0.6 is 0 Å². The second kappa shape index (κ2) is 5.63. The minimum atomic E-state index is -4.80. The maximum Gasteiger partial charge on any atom is 0.383 e. The number of nitrogens with zero attached hydrogens (tertiary/aromatic N) is 1. The van der Waals surface area contributed by atoms with Gasteiger partial charge in [0.1, 0.15) is 0 Å². The van der Waals surface area contributed by atoms with Crippen LogP contribution in [0.4, 0.5) is 17.6 Å². The lowest BCUT2D eigenvalue weighted by Gasteiger charge is -2.14. The van der Waals surface area contributed by atoms with Crippen LogP contribution in [0.2, 0.25) is 0 Å². The van der Waals surface area contributed by atoms with Crippen LogP contribution in [-0.4, -0.2) is 34.3 Å². The Morgan fingerprint density at radius 2 is 2.05 bits per heavy atom. The Kier molecular flexibility index (Phi) is 4.41. The third kappa shape index (κ3) is 3.63. The summed E-state index contributed by atoms with van der Waals surface area (Å²) in [6.45, 7) is -0.581. The van der Waals surface area contributed by atoms with Crippen LogP contribution in [0.25, 0.3) is 0 Å². The number of rotatable bonds is 5. The molecule has 0 radical (unpaired) electrons. The molecule has 1 heterocycles. The van der Waals surface area contributed by atoms with E-state index >= 15 is 0 Å². The highest BCUT2D eigenvalue weighted by atomic mass is 19.3. The Hall–Kier alpha value is -2.19. The van der Waals surface area contributed by atoms with Gasteiger partial charge in [-0.2, -0.15) is 8.78 Å². The molecule has 1 amide bonds. The van der Waals surface area contributed by atoms with Gasteiger partial charge in [0, 0.05) is 6.20 Å². The Morgan fingerprint density at radius 1 is 1.42 bits per heavy atom. The Morgan fingerprint density at radius 3 is 2.58 bits per heavy atom. The first-order chi connectivity index (χ1) is 8.75. The molecule has 104 valence electrons. The summed E-state index contributed by atoms with van der Waals surface area (Å²) in [7, 11) is 0. The van der Waals surface area contributed by atoms with Crippen LogP contribution in [0, 0.1) is 0 Å². The molecule has 0 unspecified atom stereocenters. The first-order valence-electron chi connectivity index (χ1n) is 4.87. The van der Waals surface area contributed by atoms with Crippen molar-refractivity contribution in [1.82, 2.24) is 10.3 Å². The van der Waals surface area contributed by atoms with Crippen LogP contribution < -0.4 is 5.32 Å². The molecule has 0 aromatic carbocycles. The topological polar surface area (TPSA) is 79.3 Å². The second-order valence-corrected chi connectivity index (χ2v) is 3.45. The molecule has 0 fully saturated rings.